The zero-order chi connectivity index (χ0) is 13.7. The van der Waals surface area contributed by atoms with E-state index in [9.17, 15) is 5.11 Å². The molecule has 1 aromatic rings. The van der Waals surface area contributed by atoms with Gasteiger partial charge in [-0.25, -0.2) is 0 Å². The fraction of sp³-hybridized carbons (Fsp3) is 0.556. The SMILES string of the molecule is CC(C)(c1ccccc1)C(O)/C1=C/CCCCCC1. The number of aliphatic hydroxyl groups excluding tert-OH is 1. The van der Waals surface area contributed by atoms with Crippen LogP contribution in [0.15, 0.2) is 42.0 Å². The van der Waals surface area contributed by atoms with E-state index in [1.807, 2.05) is 6.07 Å². The minimum Gasteiger partial charge on any atom is -0.388 e. The summed E-state index contributed by atoms with van der Waals surface area (Å²) >= 11 is 0. The lowest BCUT2D eigenvalue weighted by molar-refractivity contribution is 0.128. The normalized spacial score (nSPS) is 21.9. The Bertz CT molecular complexity index is 417. The van der Waals surface area contributed by atoms with Gasteiger partial charge in [0.15, 0.2) is 0 Å². The lowest BCUT2D eigenvalue weighted by atomic mass is 9.75. The molecule has 2 rings (SSSR count). The molecule has 0 saturated heterocycles. The zero-order valence-electron chi connectivity index (χ0n) is 12.2. The van der Waals surface area contributed by atoms with Crippen LogP contribution < -0.4 is 0 Å². The third-order valence-corrected chi connectivity index (χ3v) is 4.38. The molecule has 0 radical (unpaired) electrons. The van der Waals surface area contributed by atoms with E-state index < -0.39 is 0 Å². The zero-order valence-corrected chi connectivity index (χ0v) is 12.2. The van der Waals surface area contributed by atoms with Crippen molar-refractivity contribution in [2.24, 2.45) is 0 Å². The van der Waals surface area contributed by atoms with E-state index in [2.05, 4.69) is 44.2 Å². The highest BCUT2D eigenvalue weighted by atomic mass is 16.3. The predicted octanol–water partition coefficient (Wildman–Crippen LogP) is 4.61. The summed E-state index contributed by atoms with van der Waals surface area (Å²) in [6.45, 7) is 4.29. The standard InChI is InChI=1S/C18H26O/c1-18(2,16-13-9-6-10-14-16)17(19)15-11-7-4-3-5-8-12-15/h6,9-11,13-14,17,19H,3-5,7-8,12H2,1-2H3/b15-11+. The smallest absolute Gasteiger partial charge is 0.0841 e. The lowest BCUT2D eigenvalue weighted by Crippen LogP contribution is -2.35. The maximum Gasteiger partial charge on any atom is 0.0841 e. The quantitative estimate of drug-likeness (QED) is 0.785. The molecule has 0 amide bonds. The fourth-order valence-corrected chi connectivity index (χ4v) is 2.95. The number of rotatable bonds is 3. The Morgan fingerprint density at radius 2 is 1.68 bits per heavy atom. The van der Waals surface area contributed by atoms with Crippen molar-refractivity contribution in [1.82, 2.24) is 0 Å². The predicted molar refractivity (Wildman–Crippen MR) is 81.3 cm³/mol. The van der Waals surface area contributed by atoms with Crippen LogP contribution >= 0.6 is 0 Å². The van der Waals surface area contributed by atoms with Gasteiger partial charge in [0.25, 0.3) is 0 Å². The van der Waals surface area contributed by atoms with Crippen molar-refractivity contribution in [1.29, 1.82) is 0 Å². The third kappa shape index (κ3) is 3.48. The molecule has 1 aliphatic carbocycles. The van der Waals surface area contributed by atoms with E-state index in [0.717, 1.165) is 12.8 Å². The molecule has 1 aliphatic rings. The van der Waals surface area contributed by atoms with Crippen LogP contribution in [0.3, 0.4) is 0 Å². The second-order valence-electron chi connectivity index (χ2n) is 6.22. The summed E-state index contributed by atoms with van der Waals surface area (Å²) in [6.07, 6.45) is 9.21. The van der Waals surface area contributed by atoms with E-state index in [1.54, 1.807) is 0 Å². The Morgan fingerprint density at radius 1 is 1.00 bits per heavy atom. The molecule has 0 aromatic heterocycles. The van der Waals surface area contributed by atoms with E-state index in [-0.39, 0.29) is 11.5 Å². The molecule has 0 heterocycles. The summed E-state index contributed by atoms with van der Waals surface area (Å²) in [4.78, 5) is 0. The first-order valence-electron chi connectivity index (χ1n) is 7.55. The van der Waals surface area contributed by atoms with Gasteiger partial charge in [-0.15, -0.1) is 0 Å². The van der Waals surface area contributed by atoms with Crippen LogP contribution in [0.25, 0.3) is 0 Å². The Balaban J connectivity index is 2.19. The summed E-state index contributed by atoms with van der Waals surface area (Å²) in [5.41, 5.74) is 2.24. The Kier molecular flexibility index (Phi) is 4.81. The highest BCUT2D eigenvalue weighted by Crippen LogP contribution is 2.33. The topological polar surface area (TPSA) is 20.2 Å². The van der Waals surface area contributed by atoms with Gasteiger partial charge in [-0.1, -0.05) is 63.1 Å². The van der Waals surface area contributed by atoms with Crippen LogP contribution in [-0.2, 0) is 5.41 Å². The average molecular weight is 258 g/mol. The number of benzene rings is 1. The molecule has 1 N–H and O–H groups in total. The van der Waals surface area contributed by atoms with Crippen LogP contribution in [0.5, 0.6) is 0 Å². The van der Waals surface area contributed by atoms with Crippen molar-refractivity contribution in [3.05, 3.63) is 47.5 Å². The number of hydrogen-bond donors (Lipinski definition) is 1. The van der Waals surface area contributed by atoms with Gasteiger partial charge < -0.3 is 5.11 Å². The van der Waals surface area contributed by atoms with Crippen LogP contribution in [0.2, 0.25) is 0 Å². The van der Waals surface area contributed by atoms with Crippen molar-refractivity contribution in [2.75, 3.05) is 0 Å². The van der Waals surface area contributed by atoms with Crippen LogP contribution in [-0.4, -0.2) is 11.2 Å². The molecule has 1 aromatic carbocycles. The van der Waals surface area contributed by atoms with Gasteiger partial charge >= 0.3 is 0 Å². The molecule has 1 heteroatoms. The summed E-state index contributed by atoms with van der Waals surface area (Å²) in [6, 6.07) is 10.4. The lowest BCUT2D eigenvalue weighted by Gasteiger charge is -2.33. The Hall–Kier alpha value is -1.08. The maximum absolute atomic E-state index is 10.8. The molecule has 0 bridgehead atoms. The Labute approximate surface area is 117 Å². The fourth-order valence-electron chi connectivity index (χ4n) is 2.95. The second kappa shape index (κ2) is 6.38. The number of allylic oxidation sites excluding steroid dienone is 1. The first kappa shape index (κ1) is 14.3. The number of aliphatic hydroxyl groups is 1. The summed E-state index contributed by atoms with van der Waals surface area (Å²) in [5.74, 6) is 0. The molecule has 0 spiro atoms. The molecule has 0 aliphatic heterocycles. The molecule has 0 saturated carbocycles. The van der Waals surface area contributed by atoms with Gasteiger partial charge in [0.2, 0.25) is 0 Å². The monoisotopic (exact) mass is 258 g/mol. The van der Waals surface area contributed by atoms with Crippen LogP contribution in [0, 0.1) is 0 Å². The molecule has 1 unspecified atom stereocenters. The van der Waals surface area contributed by atoms with Crippen LogP contribution in [0.1, 0.15) is 57.9 Å². The van der Waals surface area contributed by atoms with Gasteiger partial charge in [-0.2, -0.15) is 0 Å². The molecule has 104 valence electrons. The van der Waals surface area contributed by atoms with E-state index in [4.69, 9.17) is 0 Å². The molecular formula is C18H26O. The van der Waals surface area contributed by atoms with E-state index in [0.29, 0.717) is 0 Å². The molecular weight excluding hydrogens is 232 g/mol. The first-order chi connectivity index (χ1) is 9.12. The van der Waals surface area contributed by atoms with Gasteiger partial charge in [0.1, 0.15) is 0 Å². The van der Waals surface area contributed by atoms with Gasteiger partial charge in [0, 0.05) is 5.41 Å². The molecule has 19 heavy (non-hydrogen) atoms. The van der Waals surface area contributed by atoms with Gasteiger partial charge in [0.05, 0.1) is 6.10 Å². The number of hydrogen-bond acceptors (Lipinski definition) is 1. The van der Waals surface area contributed by atoms with Crippen molar-refractivity contribution in [2.45, 2.75) is 63.9 Å². The van der Waals surface area contributed by atoms with E-state index in [1.165, 1.54) is 36.8 Å². The average Bonchev–Trinajstić information content (AvgIpc) is 2.39. The highest BCUT2D eigenvalue weighted by Gasteiger charge is 2.31. The van der Waals surface area contributed by atoms with Gasteiger partial charge in [-0.3, -0.25) is 0 Å². The summed E-state index contributed by atoms with van der Waals surface area (Å²) in [7, 11) is 0. The molecule has 0 fully saturated rings. The summed E-state index contributed by atoms with van der Waals surface area (Å²) in [5, 5.41) is 10.8. The first-order valence-corrected chi connectivity index (χ1v) is 7.55. The largest absolute Gasteiger partial charge is 0.388 e. The highest BCUT2D eigenvalue weighted by molar-refractivity contribution is 5.29. The minimum atomic E-state index is -0.368. The molecule has 1 atom stereocenters. The van der Waals surface area contributed by atoms with Crippen molar-refractivity contribution < 1.29 is 5.11 Å². The maximum atomic E-state index is 10.8. The minimum absolute atomic E-state index is 0.216. The summed E-state index contributed by atoms with van der Waals surface area (Å²) < 4.78 is 0. The van der Waals surface area contributed by atoms with Crippen LogP contribution in [0.4, 0.5) is 0 Å². The van der Waals surface area contributed by atoms with Crippen molar-refractivity contribution in [3.8, 4) is 0 Å². The Morgan fingerprint density at radius 3 is 2.42 bits per heavy atom. The van der Waals surface area contributed by atoms with Gasteiger partial charge in [-0.05, 0) is 36.8 Å². The molecule has 1 nitrogen and oxygen atoms in total. The van der Waals surface area contributed by atoms with Crippen molar-refractivity contribution >= 4 is 0 Å². The van der Waals surface area contributed by atoms with Crippen molar-refractivity contribution in [3.63, 3.8) is 0 Å². The third-order valence-electron chi connectivity index (χ3n) is 4.38. The van der Waals surface area contributed by atoms with E-state index >= 15 is 0 Å². The second-order valence-corrected chi connectivity index (χ2v) is 6.22.